The molecule has 0 spiro atoms. The van der Waals surface area contributed by atoms with Crippen LogP contribution in [0.5, 0.6) is 0 Å². The van der Waals surface area contributed by atoms with Crippen molar-refractivity contribution in [2.75, 3.05) is 0 Å². The van der Waals surface area contributed by atoms with Crippen molar-refractivity contribution < 1.29 is 54.2 Å². The first-order valence-electron chi connectivity index (χ1n) is 13.1. The zero-order valence-electron chi connectivity index (χ0n) is 21.9. The van der Waals surface area contributed by atoms with Crippen LogP contribution >= 0.6 is 0 Å². The van der Waals surface area contributed by atoms with Gasteiger partial charge in [0.15, 0.2) is 5.41 Å². The van der Waals surface area contributed by atoms with Gasteiger partial charge in [0.1, 0.15) is 5.60 Å². The van der Waals surface area contributed by atoms with E-state index in [0.717, 1.165) is 0 Å². The summed E-state index contributed by atoms with van der Waals surface area (Å²) in [6.45, 7) is 7.99. The van der Waals surface area contributed by atoms with E-state index in [2.05, 4.69) is 0 Å². The van der Waals surface area contributed by atoms with Crippen LogP contribution in [0.1, 0.15) is 66.7 Å². The first kappa shape index (κ1) is 29.8. The Kier molecular flexibility index (Phi) is 6.78. The molecule has 38 heavy (non-hydrogen) atoms. The molecule has 10 atom stereocenters. The standard InChI is InChI=1S/C26H35F9O3/c1-11-14-8-17(22(9-14,24(27,28)29)20(36)38-21(3,4)5)19(11)18-12(2)16-7-13(18)6-15(16)10-23(37,25(30,31)32)26(33,34)35/h11-19,37H,6-10H2,1-5H3. The van der Waals surface area contributed by atoms with Crippen molar-refractivity contribution >= 4 is 5.97 Å². The predicted molar refractivity (Wildman–Crippen MR) is 117 cm³/mol. The SMILES string of the molecule is CC1C2CC(CC2CC(O)(C(F)(F)F)C(F)(F)F)C1C1C(C)C2CC1C(C(=O)OC(C)(C)C)(C(F)(F)F)C2. The van der Waals surface area contributed by atoms with Gasteiger partial charge in [0.2, 0.25) is 0 Å². The number of hydrogen-bond acceptors (Lipinski definition) is 3. The van der Waals surface area contributed by atoms with Crippen molar-refractivity contribution in [1.29, 1.82) is 0 Å². The third-order valence-corrected chi connectivity index (χ3v) is 10.4. The summed E-state index contributed by atoms with van der Waals surface area (Å²) in [5.41, 5.74) is -8.67. The summed E-state index contributed by atoms with van der Waals surface area (Å²) in [5, 5.41) is 9.75. The van der Waals surface area contributed by atoms with Crippen LogP contribution in [0.25, 0.3) is 0 Å². The number of halogens is 9. The minimum atomic E-state index is -5.91. The molecule has 4 aliphatic rings. The Bertz CT molecular complexity index is 918. The number of carbonyl (C=O) groups excluding carboxylic acids is 1. The lowest BCUT2D eigenvalue weighted by atomic mass is 9.56. The van der Waals surface area contributed by atoms with E-state index in [1.165, 1.54) is 20.8 Å². The zero-order valence-corrected chi connectivity index (χ0v) is 21.9. The van der Waals surface area contributed by atoms with Crippen LogP contribution < -0.4 is 0 Å². The molecular formula is C26H35F9O3. The van der Waals surface area contributed by atoms with E-state index >= 15 is 0 Å². The molecule has 0 aromatic carbocycles. The van der Waals surface area contributed by atoms with Crippen molar-refractivity contribution in [2.24, 2.45) is 58.7 Å². The lowest BCUT2D eigenvalue weighted by molar-refractivity contribution is -0.373. The zero-order chi connectivity index (χ0) is 29.0. The Labute approximate surface area is 215 Å². The quantitative estimate of drug-likeness (QED) is 0.287. The Balaban J connectivity index is 1.62. The van der Waals surface area contributed by atoms with E-state index in [1.807, 2.05) is 6.92 Å². The van der Waals surface area contributed by atoms with Crippen molar-refractivity contribution in [1.82, 2.24) is 0 Å². The fourth-order valence-corrected chi connectivity index (χ4v) is 8.95. The minimum absolute atomic E-state index is 0.0276. The van der Waals surface area contributed by atoms with Crippen LogP contribution in [0, 0.1) is 58.7 Å². The highest BCUT2D eigenvalue weighted by molar-refractivity contribution is 5.79. The Morgan fingerprint density at radius 2 is 1.39 bits per heavy atom. The number of alkyl halides is 9. The van der Waals surface area contributed by atoms with Gasteiger partial charge in [0.25, 0.3) is 5.60 Å². The molecule has 4 bridgehead atoms. The van der Waals surface area contributed by atoms with Crippen LogP contribution in [-0.2, 0) is 9.53 Å². The predicted octanol–water partition coefficient (Wildman–Crippen LogP) is 7.32. The maximum absolute atomic E-state index is 14.7. The first-order chi connectivity index (χ1) is 17.0. The number of rotatable bonds is 4. The van der Waals surface area contributed by atoms with Crippen molar-refractivity contribution in [3.05, 3.63) is 0 Å². The lowest BCUT2D eigenvalue weighted by Crippen LogP contribution is -2.58. The third-order valence-electron chi connectivity index (χ3n) is 10.4. The summed E-state index contributed by atoms with van der Waals surface area (Å²) >= 11 is 0. The van der Waals surface area contributed by atoms with Crippen molar-refractivity contribution in [2.45, 2.75) is 96.5 Å². The minimum Gasteiger partial charge on any atom is -0.459 e. The molecule has 3 nitrogen and oxygen atoms in total. The molecule has 4 rings (SSSR count). The van der Waals surface area contributed by atoms with Crippen molar-refractivity contribution in [3.63, 3.8) is 0 Å². The lowest BCUT2D eigenvalue weighted by Gasteiger charge is -2.49. The number of ether oxygens (including phenoxy) is 1. The summed E-state index contributed by atoms with van der Waals surface area (Å²) < 4.78 is 129. The fourth-order valence-electron chi connectivity index (χ4n) is 8.95. The maximum atomic E-state index is 14.7. The summed E-state index contributed by atoms with van der Waals surface area (Å²) in [6.07, 6.45) is -18.1. The van der Waals surface area contributed by atoms with Gasteiger partial charge in [-0.2, -0.15) is 39.5 Å². The molecule has 0 aromatic rings. The fraction of sp³-hybridized carbons (Fsp3) is 0.962. The van der Waals surface area contributed by atoms with Crippen LogP contribution in [0.2, 0.25) is 0 Å². The molecule has 4 saturated carbocycles. The molecular weight excluding hydrogens is 531 g/mol. The van der Waals surface area contributed by atoms with Crippen molar-refractivity contribution in [3.8, 4) is 0 Å². The average Bonchev–Trinajstić information content (AvgIpc) is 3.43. The van der Waals surface area contributed by atoms with E-state index in [1.54, 1.807) is 6.92 Å². The number of fused-ring (bicyclic) bond motifs is 4. The maximum Gasteiger partial charge on any atom is 0.426 e. The largest absolute Gasteiger partial charge is 0.459 e. The molecule has 4 aliphatic carbocycles. The molecule has 0 saturated heterocycles. The van der Waals surface area contributed by atoms with Gasteiger partial charge in [-0.3, -0.25) is 4.79 Å². The van der Waals surface area contributed by atoms with E-state index in [0.29, 0.717) is 6.42 Å². The molecule has 0 aliphatic heterocycles. The summed E-state index contributed by atoms with van der Waals surface area (Å²) in [4.78, 5) is 13.1. The van der Waals surface area contributed by atoms with Gasteiger partial charge in [-0.1, -0.05) is 13.8 Å². The summed E-state index contributed by atoms with van der Waals surface area (Å²) in [5.74, 6) is -6.33. The monoisotopic (exact) mass is 566 g/mol. The Hall–Kier alpha value is -1.20. The number of carbonyl (C=O) groups is 1. The first-order valence-corrected chi connectivity index (χ1v) is 13.1. The molecule has 1 N–H and O–H groups in total. The number of aliphatic hydroxyl groups is 1. The number of hydrogen-bond donors (Lipinski definition) is 1. The smallest absolute Gasteiger partial charge is 0.426 e. The molecule has 0 aromatic heterocycles. The van der Waals surface area contributed by atoms with Crippen LogP contribution in [0.15, 0.2) is 0 Å². The molecule has 0 radical (unpaired) electrons. The Morgan fingerprint density at radius 1 is 0.842 bits per heavy atom. The number of esters is 1. The average molecular weight is 567 g/mol. The second-order valence-electron chi connectivity index (χ2n) is 13.4. The van der Waals surface area contributed by atoms with Gasteiger partial charge < -0.3 is 9.84 Å². The second-order valence-corrected chi connectivity index (χ2v) is 13.4. The van der Waals surface area contributed by atoms with E-state index in [9.17, 15) is 49.4 Å². The second kappa shape index (κ2) is 8.65. The molecule has 220 valence electrons. The molecule has 0 heterocycles. The topological polar surface area (TPSA) is 46.5 Å². The normalized spacial score (nSPS) is 41.7. The highest BCUT2D eigenvalue weighted by Crippen LogP contribution is 2.72. The Morgan fingerprint density at radius 3 is 1.82 bits per heavy atom. The highest BCUT2D eigenvalue weighted by Gasteiger charge is 2.77. The highest BCUT2D eigenvalue weighted by atomic mass is 19.4. The molecule has 4 fully saturated rings. The van der Waals surface area contributed by atoms with E-state index in [4.69, 9.17) is 4.74 Å². The molecule has 12 heteroatoms. The van der Waals surface area contributed by atoms with Crippen LogP contribution in [0.4, 0.5) is 39.5 Å². The summed E-state index contributed by atoms with van der Waals surface area (Å²) in [6, 6.07) is 0. The third kappa shape index (κ3) is 4.24. The van der Waals surface area contributed by atoms with Gasteiger partial charge in [-0.25, -0.2) is 0 Å². The van der Waals surface area contributed by atoms with Gasteiger partial charge in [-0.15, -0.1) is 0 Å². The van der Waals surface area contributed by atoms with Gasteiger partial charge in [0, 0.05) is 0 Å². The van der Waals surface area contributed by atoms with Gasteiger partial charge in [0.05, 0.1) is 0 Å². The van der Waals surface area contributed by atoms with Gasteiger partial charge in [-0.05, 0) is 106 Å². The van der Waals surface area contributed by atoms with Crippen LogP contribution in [0.3, 0.4) is 0 Å². The molecule has 10 unspecified atom stereocenters. The van der Waals surface area contributed by atoms with E-state index < -0.39 is 77.1 Å². The summed E-state index contributed by atoms with van der Waals surface area (Å²) in [7, 11) is 0. The molecule has 0 amide bonds. The van der Waals surface area contributed by atoms with Crippen LogP contribution in [-0.4, -0.2) is 40.8 Å². The van der Waals surface area contributed by atoms with Gasteiger partial charge >= 0.3 is 24.5 Å². The van der Waals surface area contributed by atoms with E-state index in [-0.39, 0.29) is 42.9 Å².